The second-order valence-corrected chi connectivity index (χ2v) is 8.85. The van der Waals surface area contributed by atoms with E-state index >= 15 is 4.39 Å². The first kappa shape index (κ1) is 24.7. The molecule has 0 spiro atoms. The minimum Gasteiger partial charge on any atom is -0.375 e. The predicted molar refractivity (Wildman–Crippen MR) is 137 cm³/mol. The highest BCUT2D eigenvalue weighted by molar-refractivity contribution is 7.80. The molecule has 3 N–H and O–H groups in total. The summed E-state index contributed by atoms with van der Waals surface area (Å²) in [7, 11) is 0. The van der Waals surface area contributed by atoms with Gasteiger partial charge in [0.25, 0.3) is 0 Å². The van der Waals surface area contributed by atoms with Crippen LogP contribution in [-0.2, 0) is 13.0 Å². The van der Waals surface area contributed by atoms with E-state index in [0.717, 1.165) is 17.8 Å². The van der Waals surface area contributed by atoms with E-state index in [1.54, 1.807) is 12.1 Å². The summed E-state index contributed by atoms with van der Waals surface area (Å²) in [6.45, 7) is 1.97. The second kappa shape index (κ2) is 11.3. The fourth-order valence-corrected chi connectivity index (χ4v) is 4.36. The van der Waals surface area contributed by atoms with Gasteiger partial charge in [-0.1, -0.05) is 48.5 Å². The highest BCUT2D eigenvalue weighted by atomic mass is 32.1. The summed E-state index contributed by atoms with van der Waals surface area (Å²) in [5.41, 5.74) is 9.52. The average Bonchev–Trinajstić information content (AvgIpc) is 2.84. The zero-order valence-corrected chi connectivity index (χ0v) is 19.8. The summed E-state index contributed by atoms with van der Waals surface area (Å²) in [6.07, 6.45) is 1.83. The Hall–Kier alpha value is -3.43. The summed E-state index contributed by atoms with van der Waals surface area (Å²) in [5, 5.41) is 3.63. The highest BCUT2D eigenvalue weighted by Crippen LogP contribution is 2.27. The van der Waals surface area contributed by atoms with Crippen LogP contribution in [0.15, 0.2) is 71.8 Å². The Balaban J connectivity index is 1.56. The molecular weight excluding hydrogens is 471 g/mol. The van der Waals surface area contributed by atoms with Crippen molar-refractivity contribution in [2.45, 2.75) is 19.0 Å². The summed E-state index contributed by atoms with van der Waals surface area (Å²) in [5.74, 6) is -1.41. The molecule has 1 saturated heterocycles. The third kappa shape index (κ3) is 6.37. The van der Waals surface area contributed by atoms with Crippen LogP contribution < -0.4 is 16.1 Å². The zero-order chi connectivity index (χ0) is 24.8. The lowest BCUT2D eigenvalue weighted by atomic mass is 10.0. The summed E-state index contributed by atoms with van der Waals surface area (Å²) >= 11 is 4.64. The number of nitrogens with zero attached hydrogens (tertiary/aromatic N) is 3. The largest absolute Gasteiger partial charge is 0.375 e. The number of benzene rings is 3. The van der Waals surface area contributed by atoms with Crippen molar-refractivity contribution in [3.8, 4) is 0 Å². The van der Waals surface area contributed by atoms with E-state index in [1.807, 2.05) is 41.3 Å². The van der Waals surface area contributed by atoms with Crippen LogP contribution in [-0.4, -0.2) is 41.9 Å². The number of hydrazone groups is 1. The maximum atomic E-state index is 15.0. The molecule has 0 unspecified atom stereocenters. The standard InChI is InChI=1S/C26H26F3N5S/c27-22-9-5-4-8-19(22)16-33-10-11-34(17-21(33)12-18-6-2-1-3-7-18)25-14-23(28)20(13-24(25)29)15-31-32-26(30)35/h1-9,13-15,21H,10-12,16-17H2,(H3,30,32,35)/t21-/m0/s1. The molecule has 1 heterocycles. The molecule has 9 heteroatoms. The first-order valence-electron chi connectivity index (χ1n) is 11.2. The monoisotopic (exact) mass is 497 g/mol. The van der Waals surface area contributed by atoms with Crippen molar-refractivity contribution >= 4 is 29.2 Å². The van der Waals surface area contributed by atoms with Gasteiger partial charge in [0.2, 0.25) is 0 Å². The molecule has 182 valence electrons. The van der Waals surface area contributed by atoms with Gasteiger partial charge in [-0.05, 0) is 36.3 Å². The van der Waals surface area contributed by atoms with Crippen molar-refractivity contribution in [3.63, 3.8) is 0 Å². The van der Waals surface area contributed by atoms with E-state index in [1.165, 1.54) is 12.1 Å². The van der Waals surface area contributed by atoms with E-state index in [2.05, 4.69) is 27.6 Å². The lowest BCUT2D eigenvalue weighted by Gasteiger charge is -2.43. The summed E-state index contributed by atoms with van der Waals surface area (Å²) in [6, 6.07) is 19.0. The van der Waals surface area contributed by atoms with Gasteiger partial charge in [-0.3, -0.25) is 10.3 Å². The Bertz CT molecular complexity index is 1200. The molecule has 35 heavy (non-hydrogen) atoms. The van der Waals surface area contributed by atoms with Crippen LogP contribution in [0.1, 0.15) is 16.7 Å². The Morgan fingerprint density at radius 1 is 1.00 bits per heavy atom. The fraction of sp³-hybridized carbons (Fsp3) is 0.231. The average molecular weight is 498 g/mol. The first-order valence-corrected chi connectivity index (χ1v) is 11.7. The van der Waals surface area contributed by atoms with Crippen molar-refractivity contribution in [1.82, 2.24) is 10.3 Å². The number of anilines is 1. The van der Waals surface area contributed by atoms with E-state index in [0.29, 0.717) is 38.2 Å². The third-order valence-electron chi connectivity index (χ3n) is 6.04. The van der Waals surface area contributed by atoms with Gasteiger partial charge in [0, 0.05) is 49.4 Å². The lowest BCUT2D eigenvalue weighted by Crippen LogP contribution is -2.54. The molecule has 1 atom stereocenters. The number of nitrogens with two attached hydrogens (primary N) is 1. The molecule has 0 radical (unpaired) electrons. The molecule has 1 aliphatic rings. The van der Waals surface area contributed by atoms with Gasteiger partial charge in [0.05, 0.1) is 11.9 Å². The van der Waals surface area contributed by atoms with Gasteiger partial charge >= 0.3 is 0 Å². The van der Waals surface area contributed by atoms with Gasteiger partial charge in [-0.15, -0.1) is 0 Å². The van der Waals surface area contributed by atoms with Gasteiger partial charge in [0.15, 0.2) is 5.11 Å². The molecule has 0 saturated carbocycles. The Labute approximate surface area is 208 Å². The molecular formula is C26H26F3N5S. The highest BCUT2D eigenvalue weighted by Gasteiger charge is 2.29. The molecule has 1 aliphatic heterocycles. The van der Waals surface area contributed by atoms with Crippen LogP contribution in [0.25, 0.3) is 0 Å². The number of halogens is 3. The molecule has 0 bridgehead atoms. The molecule has 4 rings (SSSR count). The molecule has 3 aromatic rings. The minimum absolute atomic E-state index is 0.0194. The number of nitrogens with one attached hydrogen (secondary N) is 1. The number of hydrogen-bond acceptors (Lipinski definition) is 4. The summed E-state index contributed by atoms with van der Waals surface area (Å²) < 4.78 is 44.1. The maximum absolute atomic E-state index is 15.0. The normalized spacial score (nSPS) is 16.5. The lowest BCUT2D eigenvalue weighted by molar-refractivity contribution is 0.164. The molecule has 0 aromatic heterocycles. The van der Waals surface area contributed by atoms with E-state index in [9.17, 15) is 8.78 Å². The second-order valence-electron chi connectivity index (χ2n) is 8.41. The summed E-state index contributed by atoms with van der Waals surface area (Å²) in [4.78, 5) is 4.05. The third-order valence-corrected chi connectivity index (χ3v) is 6.13. The van der Waals surface area contributed by atoms with Crippen molar-refractivity contribution in [3.05, 3.63) is 101 Å². The number of rotatable bonds is 7. The van der Waals surface area contributed by atoms with Crippen LogP contribution in [0, 0.1) is 17.5 Å². The van der Waals surface area contributed by atoms with Crippen molar-refractivity contribution in [2.24, 2.45) is 10.8 Å². The zero-order valence-electron chi connectivity index (χ0n) is 19.0. The molecule has 3 aromatic carbocycles. The van der Waals surface area contributed by atoms with Gasteiger partial charge < -0.3 is 10.6 Å². The smallest absolute Gasteiger partial charge is 0.184 e. The van der Waals surface area contributed by atoms with Crippen molar-refractivity contribution in [2.75, 3.05) is 24.5 Å². The van der Waals surface area contributed by atoms with Crippen LogP contribution >= 0.6 is 12.2 Å². The molecule has 5 nitrogen and oxygen atoms in total. The van der Waals surface area contributed by atoms with Crippen LogP contribution in [0.2, 0.25) is 0 Å². The Kier molecular flexibility index (Phi) is 7.99. The van der Waals surface area contributed by atoms with Crippen LogP contribution in [0.4, 0.5) is 18.9 Å². The number of piperazine rings is 1. The molecule has 0 aliphatic carbocycles. The topological polar surface area (TPSA) is 56.9 Å². The van der Waals surface area contributed by atoms with E-state index < -0.39 is 11.6 Å². The quantitative estimate of drug-likeness (QED) is 0.291. The van der Waals surface area contributed by atoms with E-state index in [4.69, 9.17) is 5.73 Å². The van der Waals surface area contributed by atoms with Gasteiger partial charge in [0.1, 0.15) is 17.5 Å². The van der Waals surface area contributed by atoms with Gasteiger partial charge in [-0.25, -0.2) is 13.2 Å². The molecule has 0 amide bonds. The van der Waals surface area contributed by atoms with Crippen molar-refractivity contribution < 1.29 is 13.2 Å². The number of thiocarbonyl (C=S) groups is 1. The first-order chi connectivity index (χ1) is 16.9. The fourth-order valence-electron chi connectivity index (χ4n) is 4.30. The SMILES string of the molecule is NC(=S)NN=Cc1cc(F)c(N2CCN(Cc3ccccc3F)[C@@H](Cc3ccccc3)C2)cc1F. The Morgan fingerprint density at radius 2 is 1.74 bits per heavy atom. The predicted octanol–water partition coefficient (Wildman–Crippen LogP) is 4.20. The van der Waals surface area contributed by atoms with Gasteiger partial charge in [-0.2, -0.15) is 5.10 Å². The maximum Gasteiger partial charge on any atom is 0.184 e. The van der Waals surface area contributed by atoms with Crippen LogP contribution in [0.3, 0.4) is 0 Å². The van der Waals surface area contributed by atoms with Crippen LogP contribution in [0.5, 0.6) is 0 Å². The number of hydrogen-bond donors (Lipinski definition) is 2. The minimum atomic E-state index is -0.608. The Morgan fingerprint density at radius 3 is 2.49 bits per heavy atom. The molecule has 1 fully saturated rings. The van der Waals surface area contributed by atoms with E-state index in [-0.39, 0.29) is 28.2 Å². The van der Waals surface area contributed by atoms with Crippen molar-refractivity contribution in [1.29, 1.82) is 0 Å².